The second kappa shape index (κ2) is 13.5. The molecule has 8 rings (SSSR count). The summed E-state index contributed by atoms with van der Waals surface area (Å²) in [6.45, 7) is 4.51. The molecule has 0 N–H and O–H groups in total. The van der Waals surface area contributed by atoms with E-state index in [4.69, 9.17) is 9.98 Å². The van der Waals surface area contributed by atoms with Crippen LogP contribution in [-0.4, -0.2) is 24.9 Å². The first-order valence-corrected chi connectivity index (χ1v) is 16.8. The Kier molecular flexibility index (Phi) is 8.31. The average molecular weight is 630 g/mol. The summed E-state index contributed by atoms with van der Waals surface area (Å²) in [4.78, 5) is 14.6. The lowest BCUT2D eigenvalue weighted by molar-refractivity contribution is 0.892. The van der Waals surface area contributed by atoms with Crippen LogP contribution in [0.4, 0.5) is 0 Å². The largest absolute Gasteiger partial charge is 0.262 e. The van der Waals surface area contributed by atoms with Crippen LogP contribution in [0.1, 0.15) is 28.7 Å². The number of rotatable bonds is 6. The number of aliphatic imine (C=N–C) groups is 3. The molecule has 0 amide bonds. The van der Waals surface area contributed by atoms with Gasteiger partial charge in [-0.1, -0.05) is 146 Å². The predicted molar refractivity (Wildman–Crippen MR) is 209 cm³/mol. The number of fused-ring (bicyclic) bond motifs is 3. The van der Waals surface area contributed by atoms with Gasteiger partial charge in [0.2, 0.25) is 0 Å². The van der Waals surface area contributed by atoms with Gasteiger partial charge in [0.1, 0.15) is 0 Å². The quantitative estimate of drug-likeness (QED) is 0.130. The summed E-state index contributed by atoms with van der Waals surface area (Å²) in [5, 5.41) is 4.61. The van der Waals surface area contributed by atoms with E-state index in [2.05, 4.69) is 169 Å². The normalized spacial score (nSPS) is 13.3. The Morgan fingerprint density at radius 1 is 0.490 bits per heavy atom. The summed E-state index contributed by atoms with van der Waals surface area (Å²) in [6, 6.07) is 55.6. The summed E-state index contributed by atoms with van der Waals surface area (Å²) >= 11 is 0. The van der Waals surface area contributed by atoms with Crippen molar-refractivity contribution in [3.05, 3.63) is 186 Å². The van der Waals surface area contributed by atoms with Gasteiger partial charge in [-0.25, -0.2) is 9.98 Å². The molecule has 0 spiro atoms. The molecule has 0 aromatic heterocycles. The lowest BCUT2D eigenvalue weighted by Crippen LogP contribution is -2.07. The van der Waals surface area contributed by atoms with Gasteiger partial charge in [-0.2, -0.15) is 0 Å². The van der Waals surface area contributed by atoms with Crippen LogP contribution in [0, 0.1) is 0 Å². The molecule has 234 valence electrons. The van der Waals surface area contributed by atoms with Gasteiger partial charge >= 0.3 is 0 Å². The molecule has 0 saturated heterocycles. The Morgan fingerprint density at radius 2 is 1.06 bits per heavy atom. The van der Waals surface area contributed by atoms with E-state index in [-0.39, 0.29) is 0 Å². The number of nitrogens with zero attached hydrogens (tertiary/aromatic N) is 3. The lowest BCUT2D eigenvalue weighted by atomic mass is 9.92. The number of hydrogen-bond acceptors (Lipinski definition) is 1. The Hall–Kier alpha value is -6.19. The third kappa shape index (κ3) is 6.52. The lowest BCUT2D eigenvalue weighted by Gasteiger charge is -2.15. The number of benzene rings is 7. The van der Waals surface area contributed by atoms with Gasteiger partial charge in [0.15, 0.2) is 11.7 Å². The molecular formula is C46H35N3. The van der Waals surface area contributed by atoms with E-state index in [1.54, 1.807) is 0 Å². The highest BCUT2D eigenvalue weighted by atomic mass is 15.0. The third-order valence-corrected chi connectivity index (χ3v) is 9.36. The maximum Gasteiger partial charge on any atom is 0.161 e. The maximum absolute atomic E-state index is 5.12. The van der Waals surface area contributed by atoms with Crippen LogP contribution in [0.25, 0.3) is 49.9 Å². The molecule has 0 heterocycles. The highest BCUT2D eigenvalue weighted by Gasteiger charge is 2.13. The van der Waals surface area contributed by atoms with Gasteiger partial charge in [0.05, 0.1) is 6.54 Å². The van der Waals surface area contributed by atoms with Crippen molar-refractivity contribution in [1.29, 1.82) is 0 Å². The van der Waals surface area contributed by atoms with Crippen molar-refractivity contribution >= 4 is 46.0 Å². The van der Waals surface area contributed by atoms with E-state index in [1.807, 2.05) is 6.07 Å². The summed E-state index contributed by atoms with van der Waals surface area (Å²) in [5.74, 6) is 1.21. The van der Waals surface area contributed by atoms with Crippen LogP contribution >= 0.6 is 0 Å². The van der Waals surface area contributed by atoms with E-state index in [1.165, 1.54) is 44.3 Å². The molecule has 0 fully saturated rings. The maximum atomic E-state index is 5.12. The molecular weight excluding hydrogens is 595 g/mol. The van der Waals surface area contributed by atoms with E-state index in [9.17, 15) is 0 Å². The van der Waals surface area contributed by atoms with Crippen molar-refractivity contribution in [2.75, 3.05) is 6.54 Å². The van der Waals surface area contributed by atoms with Crippen molar-refractivity contribution in [2.45, 2.75) is 12.8 Å². The highest BCUT2D eigenvalue weighted by Crippen LogP contribution is 2.29. The summed E-state index contributed by atoms with van der Waals surface area (Å²) in [5.41, 5.74) is 10.6. The Morgan fingerprint density at radius 3 is 1.86 bits per heavy atom. The standard InChI is InChI=1S/C46H35N3/c1-47-45(43-26-24-41-28-40(22-23-42(41)30-43)37-19-17-36(18-20-37)33-9-3-2-4-10-33)49-46(44-25-21-35-12-6-8-14-39(35)29-44)48-31-32-15-16-34-11-5-7-13-38(34)27-32/h2-14,17-30H,1,15-16,31H2/b48-46-,49-45-. The minimum atomic E-state index is 0.553. The second-order valence-corrected chi connectivity index (χ2v) is 12.5. The smallest absolute Gasteiger partial charge is 0.161 e. The van der Waals surface area contributed by atoms with E-state index < -0.39 is 0 Å². The highest BCUT2D eigenvalue weighted by molar-refractivity contribution is 6.14. The molecule has 3 nitrogen and oxygen atoms in total. The van der Waals surface area contributed by atoms with Crippen LogP contribution in [0.3, 0.4) is 0 Å². The monoisotopic (exact) mass is 629 g/mol. The van der Waals surface area contributed by atoms with Crippen LogP contribution in [0.5, 0.6) is 0 Å². The van der Waals surface area contributed by atoms with Gasteiger partial charge in [-0.05, 0) is 98.3 Å². The van der Waals surface area contributed by atoms with Crippen LogP contribution in [0.2, 0.25) is 0 Å². The van der Waals surface area contributed by atoms with E-state index in [0.717, 1.165) is 40.1 Å². The first-order valence-electron chi connectivity index (χ1n) is 16.8. The van der Waals surface area contributed by atoms with Crippen LogP contribution < -0.4 is 0 Å². The molecule has 3 heteroatoms. The summed E-state index contributed by atoms with van der Waals surface area (Å²) in [6.07, 6.45) is 4.31. The molecule has 0 aliphatic heterocycles. The fourth-order valence-corrected chi connectivity index (χ4v) is 6.65. The van der Waals surface area contributed by atoms with Crippen molar-refractivity contribution in [1.82, 2.24) is 0 Å². The van der Waals surface area contributed by atoms with Gasteiger partial charge in [-0.3, -0.25) is 4.99 Å². The van der Waals surface area contributed by atoms with Gasteiger partial charge in [-0.15, -0.1) is 0 Å². The third-order valence-electron chi connectivity index (χ3n) is 9.36. The summed E-state index contributed by atoms with van der Waals surface area (Å²) < 4.78 is 0. The van der Waals surface area contributed by atoms with Gasteiger partial charge in [0, 0.05) is 11.1 Å². The number of amidine groups is 2. The molecule has 0 atom stereocenters. The fraction of sp³-hybridized carbons (Fsp3) is 0.0652. The minimum Gasteiger partial charge on any atom is -0.262 e. The van der Waals surface area contributed by atoms with Crippen molar-refractivity contribution in [3.63, 3.8) is 0 Å². The molecule has 7 aromatic carbocycles. The van der Waals surface area contributed by atoms with E-state index >= 15 is 0 Å². The van der Waals surface area contributed by atoms with Crippen LogP contribution in [-0.2, 0) is 6.42 Å². The Labute approximate surface area is 287 Å². The molecule has 0 radical (unpaired) electrons. The van der Waals surface area contributed by atoms with Crippen molar-refractivity contribution in [2.24, 2.45) is 15.0 Å². The second-order valence-electron chi connectivity index (χ2n) is 12.5. The fourth-order valence-electron chi connectivity index (χ4n) is 6.65. The average Bonchev–Trinajstić information content (AvgIpc) is 3.18. The first kappa shape index (κ1) is 30.2. The van der Waals surface area contributed by atoms with Gasteiger partial charge < -0.3 is 0 Å². The molecule has 7 aromatic rings. The van der Waals surface area contributed by atoms with E-state index in [0.29, 0.717) is 18.2 Å². The predicted octanol–water partition coefficient (Wildman–Crippen LogP) is 11.3. The van der Waals surface area contributed by atoms with Crippen molar-refractivity contribution < 1.29 is 0 Å². The molecule has 1 aliphatic rings. The Balaban J connectivity index is 1.12. The summed E-state index contributed by atoms with van der Waals surface area (Å²) in [7, 11) is 0. The molecule has 49 heavy (non-hydrogen) atoms. The van der Waals surface area contributed by atoms with Crippen molar-refractivity contribution in [3.8, 4) is 22.3 Å². The van der Waals surface area contributed by atoms with Crippen LogP contribution in [0.15, 0.2) is 178 Å². The molecule has 1 aliphatic carbocycles. The molecule has 0 saturated carbocycles. The first-order chi connectivity index (χ1) is 24.2. The zero-order chi connectivity index (χ0) is 33.0. The number of hydrogen-bond donors (Lipinski definition) is 0. The zero-order valence-electron chi connectivity index (χ0n) is 27.3. The SMILES string of the molecule is C=N/C(=N\C(=N/CC1=Cc2ccccc2CC1)c1ccc2ccccc2c1)c1ccc2cc(-c3ccc(-c4ccccc4)cc3)ccc2c1. The molecule has 0 bridgehead atoms. The Bertz CT molecular complexity index is 2410. The minimum absolute atomic E-state index is 0.553. The topological polar surface area (TPSA) is 37.1 Å². The zero-order valence-corrected chi connectivity index (χ0v) is 27.3. The number of aryl methyl sites for hydroxylation is 1. The molecule has 0 unspecified atom stereocenters. The van der Waals surface area contributed by atoms with Gasteiger partial charge in [0.25, 0.3) is 0 Å².